The van der Waals surface area contributed by atoms with Crippen molar-refractivity contribution in [2.45, 2.75) is 6.54 Å². The third kappa shape index (κ3) is 2.55. The Kier molecular flexibility index (Phi) is 3.12. The van der Waals surface area contributed by atoms with Gasteiger partial charge in [-0.1, -0.05) is 12.1 Å². The van der Waals surface area contributed by atoms with Crippen LogP contribution in [0.25, 0.3) is 0 Å². The molecule has 4 heteroatoms. The number of halogens is 1. The zero-order valence-electron chi connectivity index (χ0n) is 8.56. The van der Waals surface area contributed by atoms with Gasteiger partial charge in [-0.05, 0) is 17.7 Å². The summed E-state index contributed by atoms with van der Waals surface area (Å²) in [4.78, 5) is 4.05. The lowest BCUT2D eigenvalue weighted by Gasteiger charge is -2.04. The van der Waals surface area contributed by atoms with E-state index in [1.807, 2.05) is 6.07 Å². The molecule has 0 bridgehead atoms. The first-order valence-electron chi connectivity index (χ1n) is 4.86. The molecule has 0 atom stereocenters. The quantitative estimate of drug-likeness (QED) is 0.860. The number of aromatic nitrogens is 1. The standard InChI is InChI=1S/C12H11FN2O/c13-10-2-1-3-11(6-10)16-12-5-4-9(7-14)8-15-12/h1-6,8H,7,14H2. The van der Waals surface area contributed by atoms with Gasteiger partial charge in [0.05, 0.1) is 0 Å². The van der Waals surface area contributed by atoms with Crippen LogP contribution in [-0.4, -0.2) is 4.98 Å². The molecule has 16 heavy (non-hydrogen) atoms. The average Bonchev–Trinajstić information content (AvgIpc) is 2.30. The number of nitrogens with zero attached hydrogens (tertiary/aromatic N) is 1. The molecule has 2 rings (SSSR count). The molecule has 0 saturated carbocycles. The van der Waals surface area contributed by atoms with Crippen LogP contribution in [0.3, 0.4) is 0 Å². The van der Waals surface area contributed by atoms with E-state index in [2.05, 4.69) is 4.98 Å². The van der Waals surface area contributed by atoms with Gasteiger partial charge in [-0.15, -0.1) is 0 Å². The Labute approximate surface area is 92.7 Å². The van der Waals surface area contributed by atoms with Gasteiger partial charge in [0.25, 0.3) is 0 Å². The maximum Gasteiger partial charge on any atom is 0.219 e. The Morgan fingerprint density at radius 3 is 2.75 bits per heavy atom. The molecule has 3 nitrogen and oxygen atoms in total. The van der Waals surface area contributed by atoms with Crippen LogP contribution >= 0.6 is 0 Å². The third-order valence-corrected chi connectivity index (χ3v) is 2.05. The van der Waals surface area contributed by atoms with Gasteiger partial charge in [0.1, 0.15) is 11.6 Å². The van der Waals surface area contributed by atoms with Gasteiger partial charge in [0, 0.05) is 24.9 Å². The topological polar surface area (TPSA) is 48.1 Å². The minimum absolute atomic E-state index is 0.337. The molecule has 0 unspecified atom stereocenters. The Bertz CT molecular complexity index is 471. The molecule has 1 heterocycles. The highest BCUT2D eigenvalue weighted by atomic mass is 19.1. The molecule has 0 amide bonds. The van der Waals surface area contributed by atoms with Crippen LogP contribution in [0.15, 0.2) is 42.6 Å². The number of rotatable bonds is 3. The molecule has 0 saturated heterocycles. The summed E-state index contributed by atoms with van der Waals surface area (Å²) >= 11 is 0. The predicted molar refractivity (Wildman–Crippen MR) is 58.6 cm³/mol. The summed E-state index contributed by atoms with van der Waals surface area (Å²) in [5.41, 5.74) is 6.36. The second kappa shape index (κ2) is 4.72. The van der Waals surface area contributed by atoms with E-state index < -0.39 is 0 Å². The van der Waals surface area contributed by atoms with Crippen molar-refractivity contribution in [2.75, 3.05) is 0 Å². The molecule has 0 aliphatic heterocycles. The number of hydrogen-bond acceptors (Lipinski definition) is 3. The van der Waals surface area contributed by atoms with Crippen molar-refractivity contribution in [3.05, 3.63) is 54.0 Å². The van der Waals surface area contributed by atoms with Crippen molar-refractivity contribution in [2.24, 2.45) is 5.73 Å². The van der Waals surface area contributed by atoms with Crippen LogP contribution in [0.5, 0.6) is 11.6 Å². The van der Waals surface area contributed by atoms with E-state index in [-0.39, 0.29) is 5.82 Å². The first-order valence-corrected chi connectivity index (χ1v) is 4.86. The molecular formula is C12H11FN2O. The number of ether oxygens (including phenoxy) is 1. The molecule has 2 aromatic rings. The van der Waals surface area contributed by atoms with E-state index in [1.54, 1.807) is 24.4 Å². The van der Waals surface area contributed by atoms with Gasteiger partial charge < -0.3 is 10.5 Å². The molecule has 1 aromatic heterocycles. The van der Waals surface area contributed by atoms with Gasteiger partial charge in [-0.2, -0.15) is 0 Å². The molecule has 0 radical (unpaired) electrons. The Morgan fingerprint density at radius 1 is 1.25 bits per heavy atom. The minimum Gasteiger partial charge on any atom is -0.439 e. The molecule has 0 spiro atoms. The molecule has 1 aromatic carbocycles. The summed E-state index contributed by atoms with van der Waals surface area (Å²) in [6.07, 6.45) is 1.63. The number of hydrogen-bond donors (Lipinski definition) is 1. The highest BCUT2D eigenvalue weighted by Crippen LogP contribution is 2.19. The summed E-state index contributed by atoms with van der Waals surface area (Å²) < 4.78 is 18.2. The van der Waals surface area contributed by atoms with Gasteiger partial charge in [-0.3, -0.25) is 0 Å². The lowest BCUT2D eigenvalue weighted by molar-refractivity contribution is 0.457. The van der Waals surface area contributed by atoms with Crippen molar-refractivity contribution in [1.82, 2.24) is 4.98 Å². The molecular weight excluding hydrogens is 207 g/mol. The summed E-state index contributed by atoms with van der Waals surface area (Å²) in [5, 5.41) is 0. The minimum atomic E-state index is -0.337. The maximum atomic E-state index is 12.9. The monoisotopic (exact) mass is 218 g/mol. The van der Waals surface area contributed by atoms with E-state index in [9.17, 15) is 4.39 Å². The Morgan fingerprint density at radius 2 is 2.12 bits per heavy atom. The van der Waals surface area contributed by atoms with Crippen molar-refractivity contribution in [1.29, 1.82) is 0 Å². The zero-order valence-corrected chi connectivity index (χ0v) is 8.56. The number of nitrogens with two attached hydrogens (primary N) is 1. The van der Waals surface area contributed by atoms with E-state index >= 15 is 0 Å². The molecule has 0 aliphatic carbocycles. The van der Waals surface area contributed by atoms with Crippen molar-refractivity contribution >= 4 is 0 Å². The van der Waals surface area contributed by atoms with Crippen LogP contribution < -0.4 is 10.5 Å². The zero-order chi connectivity index (χ0) is 11.4. The van der Waals surface area contributed by atoms with Crippen molar-refractivity contribution in [3.63, 3.8) is 0 Å². The van der Waals surface area contributed by atoms with E-state index in [0.717, 1.165) is 5.56 Å². The molecule has 82 valence electrons. The largest absolute Gasteiger partial charge is 0.439 e. The Balaban J connectivity index is 2.14. The summed E-state index contributed by atoms with van der Waals surface area (Å²) in [6, 6.07) is 9.44. The fraction of sp³-hybridized carbons (Fsp3) is 0.0833. The lowest BCUT2D eigenvalue weighted by Crippen LogP contribution is -1.97. The summed E-state index contributed by atoms with van der Waals surface area (Å²) in [5.74, 6) is 0.506. The molecule has 0 aliphatic rings. The van der Waals surface area contributed by atoms with Gasteiger partial charge in [-0.25, -0.2) is 9.37 Å². The van der Waals surface area contributed by atoms with E-state index in [4.69, 9.17) is 10.5 Å². The lowest BCUT2D eigenvalue weighted by atomic mass is 10.3. The van der Waals surface area contributed by atoms with Crippen molar-refractivity contribution < 1.29 is 9.13 Å². The first-order chi connectivity index (χ1) is 7.78. The average molecular weight is 218 g/mol. The fourth-order valence-corrected chi connectivity index (χ4v) is 1.24. The SMILES string of the molecule is NCc1ccc(Oc2cccc(F)c2)nc1. The smallest absolute Gasteiger partial charge is 0.219 e. The van der Waals surface area contributed by atoms with Crippen LogP contribution in [0.2, 0.25) is 0 Å². The Hall–Kier alpha value is -1.94. The fourth-order valence-electron chi connectivity index (χ4n) is 1.24. The van der Waals surface area contributed by atoms with E-state index in [0.29, 0.717) is 18.2 Å². The van der Waals surface area contributed by atoms with Gasteiger partial charge >= 0.3 is 0 Å². The highest BCUT2D eigenvalue weighted by molar-refractivity contribution is 5.28. The van der Waals surface area contributed by atoms with Crippen LogP contribution in [0.1, 0.15) is 5.56 Å². The van der Waals surface area contributed by atoms with Crippen molar-refractivity contribution in [3.8, 4) is 11.6 Å². The summed E-state index contributed by atoms with van der Waals surface area (Å²) in [6.45, 7) is 0.438. The third-order valence-electron chi connectivity index (χ3n) is 2.05. The van der Waals surface area contributed by atoms with Gasteiger partial charge in [0.2, 0.25) is 5.88 Å². The maximum absolute atomic E-state index is 12.9. The number of pyridine rings is 1. The predicted octanol–water partition coefficient (Wildman–Crippen LogP) is 2.47. The molecule has 2 N–H and O–H groups in total. The van der Waals surface area contributed by atoms with E-state index in [1.165, 1.54) is 12.1 Å². The summed E-state index contributed by atoms with van der Waals surface area (Å²) in [7, 11) is 0. The second-order valence-electron chi connectivity index (χ2n) is 3.27. The highest BCUT2D eigenvalue weighted by Gasteiger charge is 1.99. The second-order valence-corrected chi connectivity index (χ2v) is 3.27. The van der Waals surface area contributed by atoms with Crippen LogP contribution in [0.4, 0.5) is 4.39 Å². The normalized spacial score (nSPS) is 10.1. The van der Waals surface area contributed by atoms with Crippen LogP contribution in [0, 0.1) is 5.82 Å². The first kappa shape index (κ1) is 10.6. The molecule has 0 fully saturated rings. The van der Waals surface area contributed by atoms with Gasteiger partial charge in [0.15, 0.2) is 0 Å². The van der Waals surface area contributed by atoms with Crippen LogP contribution in [-0.2, 0) is 6.54 Å². The number of benzene rings is 1.